The van der Waals surface area contributed by atoms with Gasteiger partial charge >= 0.3 is 5.97 Å². The number of fused-ring (bicyclic) bond motifs is 1. The van der Waals surface area contributed by atoms with Crippen LogP contribution in [-0.2, 0) is 9.53 Å². The Labute approximate surface area is 199 Å². The zero-order chi connectivity index (χ0) is 24.9. The summed E-state index contributed by atoms with van der Waals surface area (Å²) in [7, 11) is 0. The molecule has 1 aliphatic rings. The number of halogens is 2. The van der Waals surface area contributed by atoms with E-state index in [4.69, 9.17) is 4.74 Å². The second-order valence-electron chi connectivity index (χ2n) is 7.57. The molecule has 2 N–H and O–H groups in total. The van der Waals surface area contributed by atoms with Crippen molar-refractivity contribution in [3.05, 3.63) is 113 Å². The lowest BCUT2D eigenvalue weighted by molar-refractivity contribution is -0.137. The maximum absolute atomic E-state index is 13.9. The summed E-state index contributed by atoms with van der Waals surface area (Å²) in [6.45, 7) is 1.91. The van der Waals surface area contributed by atoms with E-state index in [9.17, 15) is 23.2 Å². The molecule has 6 nitrogen and oxygen atoms in total. The Morgan fingerprint density at radius 2 is 1.46 bits per heavy atom. The largest absolute Gasteiger partial charge is 0.463 e. The fourth-order valence-corrected chi connectivity index (χ4v) is 3.57. The summed E-state index contributed by atoms with van der Waals surface area (Å²) in [5.41, 5.74) is 1.31. The first-order valence-electron chi connectivity index (χ1n) is 10.7. The van der Waals surface area contributed by atoms with Crippen LogP contribution >= 0.6 is 0 Å². The van der Waals surface area contributed by atoms with Crippen molar-refractivity contribution in [1.82, 2.24) is 0 Å². The number of para-hydroxylation sites is 2. The normalized spacial score (nSPS) is 12.0. The monoisotopic (exact) mass is 474 g/mol. The lowest BCUT2D eigenvalue weighted by Gasteiger charge is -2.12. The van der Waals surface area contributed by atoms with Crippen LogP contribution in [0.5, 0.6) is 0 Å². The third-order valence-electron chi connectivity index (χ3n) is 5.12. The van der Waals surface area contributed by atoms with E-state index < -0.39 is 29.2 Å². The number of allylic oxidation sites excluding steroid dienone is 1. The molecule has 0 radical (unpaired) electrons. The van der Waals surface area contributed by atoms with Crippen molar-refractivity contribution in [1.29, 1.82) is 0 Å². The molecule has 1 aliphatic heterocycles. The SMILES string of the molecule is CCOC(=O)/C=C/c1cccc(C(=O)C(C(=O)c2cc(F)cc(F)c2)=C2Nc3ccccc3N2)c1. The van der Waals surface area contributed by atoms with Gasteiger partial charge in [0.1, 0.15) is 23.0 Å². The van der Waals surface area contributed by atoms with Gasteiger partial charge in [-0.2, -0.15) is 0 Å². The molecule has 3 aromatic carbocycles. The van der Waals surface area contributed by atoms with E-state index in [-0.39, 0.29) is 29.1 Å². The van der Waals surface area contributed by atoms with Crippen molar-refractivity contribution in [2.45, 2.75) is 6.92 Å². The van der Waals surface area contributed by atoms with Crippen LogP contribution in [0.2, 0.25) is 0 Å². The van der Waals surface area contributed by atoms with Gasteiger partial charge in [-0.15, -0.1) is 0 Å². The Balaban J connectivity index is 1.76. The quantitative estimate of drug-likeness (QED) is 0.158. The van der Waals surface area contributed by atoms with Crippen molar-refractivity contribution in [2.24, 2.45) is 0 Å². The van der Waals surface area contributed by atoms with Gasteiger partial charge in [0.05, 0.1) is 18.0 Å². The first-order chi connectivity index (χ1) is 16.9. The molecule has 0 atom stereocenters. The predicted octanol–water partition coefficient (Wildman–Crippen LogP) is 5.36. The minimum atomic E-state index is -0.938. The number of ether oxygens (including phenoxy) is 1. The Kier molecular flexibility index (Phi) is 6.82. The number of esters is 1. The molecule has 0 fully saturated rings. The average Bonchev–Trinajstić information content (AvgIpc) is 3.26. The third kappa shape index (κ3) is 5.33. The molecular formula is C27H20F2N2O4. The van der Waals surface area contributed by atoms with Gasteiger partial charge in [0, 0.05) is 23.3 Å². The van der Waals surface area contributed by atoms with Crippen molar-refractivity contribution in [3.8, 4) is 0 Å². The summed E-state index contributed by atoms with van der Waals surface area (Å²) in [6, 6.07) is 15.7. The number of hydrogen-bond acceptors (Lipinski definition) is 6. The van der Waals surface area contributed by atoms with Crippen LogP contribution in [0, 0.1) is 11.6 Å². The lowest BCUT2D eigenvalue weighted by atomic mass is 9.94. The summed E-state index contributed by atoms with van der Waals surface area (Å²) in [6.07, 6.45) is 2.71. The van der Waals surface area contributed by atoms with E-state index in [1.807, 2.05) is 0 Å². The number of rotatable bonds is 7. The highest BCUT2D eigenvalue weighted by Crippen LogP contribution is 2.33. The van der Waals surface area contributed by atoms with Gasteiger partial charge in [0.15, 0.2) is 0 Å². The van der Waals surface area contributed by atoms with E-state index >= 15 is 0 Å². The molecule has 0 aromatic heterocycles. The van der Waals surface area contributed by atoms with Crippen LogP contribution in [0.25, 0.3) is 6.08 Å². The second-order valence-corrected chi connectivity index (χ2v) is 7.57. The van der Waals surface area contributed by atoms with Crippen LogP contribution in [0.1, 0.15) is 33.2 Å². The van der Waals surface area contributed by atoms with Gasteiger partial charge < -0.3 is 15.4 Å². The second kappa shape index (κ2) is 10.1. The number of benzene rings is 3. The first-order valence-corrected chi connectivity index (χ1v) is 10.7. The van der Waals surface area contributed by atoms with E-state index in [1.165, 1.54) is 24.3 Å². The van der Waals surface area contributed by atoms with Gasteiger partial charge in [0.2, 0.25) is 11.6 Å². The van der Waals surface area contributed by atoms with Crippen LogP contribution in [0.15, 0.2) is 84.2 Å². The molecule has 0 spiro atoms. The highest BCUT2D eigenvalue weighted by Gasteiger charge is 2.29. The molecule has 1 heterocycles. The highest BCUT2D eigenvalue weighted by atomic mass is 19.1. The van der Waals surface area contributed by atoms with Gasteiger partial charge in [-0.25, -0.2) is 13.6 Å². The topological polar surface area (TPSA) is 84.5 Å². The summed E-state index contributed by atoms with van der Waals surface area (Å²) in [4.78, 5) is 38.6. The molecule has 3 aromatic rings. The van der Waals surface area contributed by atoms with Crippen molar-refractivity contribution in [2.75, 3.05) is 17.2 Å². The highest BCUT2D eigenvalue weighted by molar-refractivity contribution is 6.32. The summed E-state index contributed by atoms with van der Waals surface area (Å²) >= 11 is 0. The molecule has 0 amide bonds. The molecule has 0 bridgehead atoms. The Morgan fingerprint density at radius 3 is 2.09 bits per heavy atom. The number of nitrogens with one attached hydrogen (secondary N) is 2. The van der Waals surface area contributed by atoms with Gasteiger partial charge in [-0.05, 0) is 48.9 Å². The summed E-state index contributed by atoms with van der Waals surface area (Å²) in [5.74, 6) is -3.85. The minimum absolute atomic E-state index is 0.0957. The van der Waals surface area contributed by atoms with Crippen LogP contribution < -0.4 is 10.6 Å². The van der Waals surface area contributed by atoms with E-state index in [0.717, 1.165) is 12.1 Å². The Hall–Kier alpha value is -4.59. The van der Waals surface area contributed by atoms with Crippen LogP contribution in [0.4, 0.5) is 20.2 Å². The summed E-state index contributed by atoms with van der Waals surface area (Å²) in [5, 5.41) is 6.00. The van der Waals surface area contributed by atoms with Gasteiger partial charge in [-0.1, -0.05) is 30.3 Å². The first kappa shape index (κ1) is 23.6. The third-order valence-corrected chi connectivity index (χ3v) is 5.12. The van der Waals surface area contributed by atoms with Crippen LogP contribution in [-0.4, -0.2) is 24.1 Å². The molecule has 0 saturated heterocycles. The molecule has 0 saturated carbocycles. The van der Waals surface area contributed by atoms with Crippen molar-refractivity contribution < 1.29 is 27.9 Å². The molecule has 4 rings (SSSR count). The smallest absolute Gasteiger partial charge is 0.330 e. The lowest BCUT2D eigenvalue weighted by Crippen LogP contribution is -2.21. The molecule has 35 heavy (non-hydrogen) atoms. The fourth-order valence-electron chi connectivity index (χ4n) is 3.57. The zero-order valence-corrected chi connectivity index (χ0v) is 18.6. The van der Waals surface area contributed by atoms with E-state index in [1.54, 1.807) is 43.3 Å². The molecular weight excluding hydrogens is 454 g/mol. The van der Waals surface area contributed by atoms with Gasteiger partial charge in [0.25, 0.3) is 0 Å². The number of ketones is 2. The van der Waals surface area contributed by atoms with Crippen molar-refractivity contribution >= 4 is 35.0 Å². The molecule has 0 unspecified atom stereocenters. The summed E-state index contributed by atoms with van der Waals surface area (Å²) < 4.78 is 32.6. The zero-order valence-electron chi connectivity index (χ0n) is 18.6. The van der Waals surface area contributed by atoms with E-state index in [0.29, 0.717) is 23.0 Å². The number of anilines is 2. The minimum Gasteiger partial charge on any atom is -0.463 e. The fraction of sp³-hybridized carbons (Fsp3) is 0.0741. The number of carbonyl (C=O) groups is 3. The maximum atomic E-state index is 13.9. The van der Waals surface area contributed by atoms with Gasteiger partial charge in [-0.3, -0.25) is 9.59 Å². The number of Topliss-reactive ketones (excluding diaryl/α,β-unsaturated/α-hetero) is 2. The molecule has 8 heteroatoms. The standard InChI is InChI=1S/C27H20F2N2O4/c1-2-35-23(32)11-10-16-6-5-7-17(12-16)25(33)24(26(34)18-13-19(28)15-20(29)14-18)27-30-21-8-3-4-9-22(21)31-27/h3-15,30-31H,2H2,1H3/b11-10+. The van der Waals surface area contributed by atoms with Crippen molar-refractivity contribution in [3.63, 3.8) is 0 Å². The predicted molar refractivity (Wildman–Crippen MR) is 128 cm³/mol. The van der Waals surface area contributed by atoms with E-state index in [2.05, 4.69) is 10.6 Å². The maximum Gasteiger partial charge on any atom is 0.330 e. The molecule has 0 aliphatic carbocycles. The Morgan fingerprint density at radius 1 is 0.829 bits per heavy atom. The number of carbonyl (C=O) groups excluding carboxylic acids is 3. The Bertz CT molecular complexity index is 1350. The number of hydrogen-bond donors (Lipinski definition) is 2. The average molecular weight is 474 g/mol. The molecule has 176 valence electrons. The van der Waals surface area contributed by atoms with Crippen LogP contribution in [0.3, 0.4) is 0 Å².